The first-order valence-corrected chi connectivity index (χ1v) is 12.6. The van der Waals surface area contributed by atoms with Gasteiger partial charge in [0.25, 0.3) is 0 Å². The van der Waals surface area contributed by atoms with Crippen LogP contribution < -0.4 is 9.47 Å². The lowest BCUT2D eigenvalue weighted by molar-refractivity contribution is -0.137. The Morgan fingerprint density at radius 2 is 1.53 bits per heavy atom. The van der Waals surface area contributed by atoms with Gasteiger partial charge in [0, 0.05) is 26.6 Å². The minimum Gasteiger partial charge on any atom is -0.493 e. The average molecular weight is 541 g/mol. The zero-order valence-corrected chi connectivity index (χ0v) is 23.1. The number of allylic oxidation sites excluding steroid dienone is 4. The number of benzene rings is 2. The third-order valence-electron chi connectivity index (χ3n) is 4.53. The largest absolute Gasteiger partial charge is 0.493 e. The first-order valence-electron chi connectivity index (χ1n) is 12.6. The minimum absolute atomic E-state index is 0.176. The van der Waals surface area contributed by atoms with Gasteiger partial charge in [-0.15, -0.1) is 0 Å². The zero-order valence-electron chi connectivity index (χ0n) is 23.1. The molecule has 0 saturated heterocycles. The number of alkyl halides is 3. The molecule has 1 unspecified atom stereocenters. The number of hydrogen-bond donors (Lipinski definition) is 2. The van der Waals surface area contributed by atoms with Gasteiger partial charge in [-0.3, -0.25) is 0 Å². The molecule has 0 saturated carbocycles. The Morgan fingerprint density at radius 3 is 2.03 bits per heavy atom. The van der Waals surface area contributed by atoms with Crippen molar-refractivity contribution in [2.24, 2.45) is 0 Å². The molecule has 0 amide bonds. The Labute approximate surface area is 225 Å². The van der Waals surface area contributed by atoms with Crippen molar-refractivity contribution < 1.29 is 37.7 Å². The van der Waals surface area contributed by atoms with Crippen LogP contribution >= 0.6 is 0 Å². The maximum Gasteiger partial charge on any atom is 0.416 e. The third-order valence-corrected chi connectivity index (χ3v) is 4.53. The second kappa shape index (κ2) is 24.2. The van der Waals surface area contributed by atoms with E-state index in [9.17, 15) is 18.0 Å². The highest BCUT2D eigenvalue weighted by atomic mass is 19.4. The molecule has 0 bridgehead atoms. The van der Waals surface area contributed by atoms with E-state index in [0.717, 1.165) is 49.7 Å². The predicted molar refractivity (Wildman–Crippen MR) is 148 cm³/mol. The topological polar surface area (TPSA) is 76.0 Å². The molecule has 0 aliphatic rings. The van der Waals surface area contributed by atoms with Crippen molar-refractivity contribution in [3.8, 4) is 11.5 Å². The molecule has 0 aliphatic heterocycles. The highest BCUT2D eigenvalue weighted by molar-refractivity contribution is 5.52. The number of ether oxygens (including phenoxy) is 2. The number of aldehydes is 1. The Kier molecular flexibility index (Phi) is 23.6. The Balaban J connectivity index is 0. The van der Waals surface area contributed by atoms with Crippen LogP contribution in [0.25, 0.3) is 0 Å². The van der Waals surface area contributed by atoms with Gasteiger partial charge in [-0.25, -0.2) is 0 Å². The smallest absolute Gasteiger partial charge is 0.416 e. The molecule has 2 N–H and O–H groups in total. The standard InChI is InChI=1S/C20H23F3O3.C7H10O.C2H6.CH4O/c1-15(26-19-10-6-17(7-11-19)20(21,22)23)12-14-25-18-8-4-16(5-9-18)3-2-13-24;1-2-3-4-5-6-7-8;2*1-2/h4-11,15,24H,2-3,12-14H2,1H3;2-5,7H,6H2,1H3;1-2H3;2H,1H3/b;3-2-,5-4-;;. The monoisotopic (exact) mass is 540 g/mol. The molecule has 38 heavy (non-hydrogen) atoms. The summed E-state index contributed by atoms with van der Waals surface area (Å²) < 4.78 is 48.9. The van der Waals surface area contributed by atoms with Crippen molar-refractivity contribution in [3.05, 3.63) is 84.0 Å². The second-order valence-electron chi connectivity index (χ2n) is 7.42. The quantitative estimate of drug-likeness (QED) is 0.220. The first-order chi connectivity index (χ1) is 18.3. The van der Waals surface area contributed by atoms with Crippen LogP contribution in [0.3, 0.4) is 0 Å². The van der Waals surface area contributed by atoms with Gasteiger partial charge >= 0.3 is 6.18 Å². The summed E-state index contributed by atoms with van der Waals surface area (Å²) in [6, 6.07) is 12.4. The van der Waals surface area contributed by atoms with Crippen LogP contribution in [0, 0.1) is 0 Å². The lowest BCUT2D eigenvalue weighted by Crippen LogP contribution is -2.16. The molecule has 0 fully saturated rings. The second-order valence-corrected chi connectivity index (χ2v) is 7.42. The number of carbonyl (C=O) groups is 1. The molecule has 5 nitrogen and oxygen atoms in total. The van der Waals surface area contributed by atoms with E-state index in [0.29, 0.717) is 25.2 Å². The molecule has 2 aromatic carbocycles. The summed E-state index contributed by atoms with van der Waals surface area (Å²) in [6.45, 7) is 8.40. The van der Waals surface area contributed by atoms with E-state index < -0.39 is 11.7 Å². The van der Waals surface area contributed by atoms with Gasteiger partial charge < -0.3 is 24.5 Å². The van der Waals surface area contributed by atoms with Gasteiger partial charge in [0.1, 0.15) is 17.8 Å². The summed E-state index contributed by atoms with van der Waals surface area (Å²) >= 11 is 0. The number of aryl methyl sites for hydroxylation is 1. The van der Waals surface area contributed by atoms with Crippen molar-refractivity contribution in [2.75, 3.05) is 20.3 Å². The maximum absolute atomic E-state index is 12.5. The fourth-order valence-electron chi connectivity index (χ4n) is 2.72. The normalized spacial score (nSPS) is 11.3. The van der Waals surface area contributed by atoms with Gasteiger partial charge in [-0.05, 0) is 68.7 Å². The molecular weight excluding hydrogens is 497 g/mol. The number of aliphatic hydroxyl groups excluding tert-OH is 2. The average Bonchev–Trinajstić information content (AvgIpc) is 2.93. The number of carbonyl (C=O) groups excluding carboxylic acids is 1. The van der Waals surface area contributed by atoms with Crippen LogP contribution in [0.15, 0.2) is 72.8 Å². The van der Waals surface area contributed by atoms with E-state index in [1.54, 1.807) is 0 Å². The lowest BCUT2D eigenvalue weighted by Gasteiger charge is -2.16. The fourth-order valence-corrected chi connectivity index (χ4v) is 2.72. The van der Waals surface area contributed by atoms with Crippen LogP contribution in [-0.2, 0) is 17.4 Å². The van der Waals surface area contributed by atoms with Crippen LogP contribution in [0.4, 0.5) is 13.2 Å². The van der Waals surface area contributed by atoms with E-state index in [2.05, 4.69) is 0 Å². The SMILES string of the molecule is C/C=C\C=C/CC=O.CC.CC(CCOc1ccc(CCCO)cc1)Oc1ccc(C(F)(F)F)cc1.CO. The molecule has 2 rings (SSSR count). The molecular formula is C30H43F3O5. The zero-order chi connectivity index (χ0) is 29.2. The molecule has 0 radical (unpaired) electrons. The molecule has 0 heterocycles. The molecule has 2 aromatic rings. The number of halogens is 3. The van der Waals surface area contributed by atoms with E-state index >= 15 is 0 Å². The van der Waals surface area contributed by atoms with E-state index in [1.807, 2.05) is 76.3 Å². The van der Waals surface area contributed by atoms with Gasteiger partial charge in [-0.2, -0.15) is 13.2 Å². The van der Waals surface area contributed by atoms with Crippen molar-refractivity contribution in [1.29, 1.82) is 0 Å². The predicted octanol–water partition coefficient (Wildman–Crippen LogP) is 7.21. The van der Waals surface area contributed by atoms with Crippen molar-refractivity contribution in [1.82, 2.24) is 0 Å². The van der Waals surface area contributed by atoms with Gasteiger partial charge in [-0.1, -0.05) is 50.3 Å². The Morgan fingerprint density at radius 1 is 0.947 bits per heavy atom. The van der Waals surface area contributed by atoms with Gasteiger partial charge in [0.05, 0.1) is 18.3 Å². The van der Waals surface area contributed by atoms with Crippen molar-refractivity contribution in [3.63, 3.8) is 0 Å². The number of hydrogen-bond acceptors (Lipinski definition) is 5. The van der Waals surface area contributed by atoms with E-state index in [4.69, 9.17) is 19.7 Å². The lowest BCUT2D eigenvalue weighted by atomic mass is 10.1. The van der Waals surface area contributed by atoms with Crippen LogP contribution in [0.2, 0.25) is 0 Å². The summed E-state index contributed by atoms with van der Waals surface area (Å²) in [7, 11) is 1.00. The first kappa shape index (κ1) is 37.1. The summed E-state index contributed by atoms with van der Waals surface area (Å²) in [5.41, 5.74) is 0.452. The summed E-state index contributed by atoms with van der Waals surface area (Å²) in [6.07, 6.45) is 6.51. The molecule has 8 heteroatoms. The third kappa shape index (κ3) is 19.1. The number of rotatable bonds is 12. The summed E-state index contributed by atoms with van der Waals surface area (Å²) in [5, 5.41) is 15.8. The van der Waals surface area contributed by atoms with Crippen LogP contribution in [-0.4, -0.2) is 42.9 Å². The molecule has 0 aromatic heterocycles. The molecule has 214 valence electrons. The Hall–Kier alpha value is -3.10. The minimum atomic E-state index is -4.34. The summed E-state index contributed by atoms with van der Waals surface area (Å²) in [4.78, 5) is 9.69. The van der Waals surface area contributed by atoms with E-state index in [1.165, 1.54) is 12.1 Å². The summed E-state index contributed by atoms with van der Waals surface area (Å²) in [5.74, 6) is 1.15. The van der Waals surface area contributed by atoms with Gasteiger partial charge in [0.15, 0.2) is 0 Å². The highest BCUT2D eigenvalue weighted by Gasteiger charge is 2.30. The van der Waals surface area contributed by atoms with Gasteiger partial charge in [0.2, 0.25) is 0 Å². The number of aliphatic hydroxyl groups is 2. The Bertz CT molecular complexity index is 861. The van der Waals surface area contributed by atoms with Crippen molar-refractivity contribution >= 4 is 6.29 Å². The van der Waals surface area contributed by atoms with Crippen molar-refractivity contribution in [2.45, 2.75) is 65.7 Å². The highest BCUT2D eigenvalue weighted by Crippen LogP contribution is 2.30. The van der Waals surface area contributed by atoms with Crippen LogP contribution in [0.1, 0.15) is 58.1 Å². The maximum atomic E-state index is 12.5. The molecule has 0 aliphatic carbocycles. The fraction of sp³-hybridized carbons (Fsp3) is 0.433. The molecule has 0 spiro atoms. The van der Waals surface area contributed by atoms with E-state index in [-0.39, 0.29) is 12.7 Å². The molecule has 1 atom stereocenters. The van der Waals surface area contributed by atoms with Crippen LogP contribution in [0.5, 0.6) is 11.5 Å².